The van der Waals surface area contributed by atoms with Gasteiger partial charge < -0.3 is 15.0 Å². The Hall–Kier alpha value is -1.89. The lowest BCUT2D eigenvalue weighted by Gasteiger charge is -2.29. The van der Waals surface area contributed by atoms with Crippen LogP contribution in [0.1, 0.15) is 37.8 Å². The normalized spacial score (nSPS) is 11.7. The zero-order valence-corrected chi connectivity index (χ0v) is 21.0. The molecule has 5 nitrogen and oxygen atoms in total. The second kappa shape index (κ2) is 13.6. The Labute approximate surface area is 204 Å². The fourth-order valence-electron chi connectivity index (χ4n) is 3.01. The van der Waals surface area contributed by atoms with E-state index in [0.717, 1.165) is 29.7 Å². The monoisotopic (exact) mass is 496 g/mol. The first-order valence-corrected chi connectivity index (χ1v) is 12.5. The quantitative estimate of drug-likeness (QED) is 0.390. The summed E-state index contributed by atoms with van der Waals surface area (Å²) in [6.07, 6.45) is 1.89. The van der Waals surface area contributed by atoms with E-state index in [1.165, 1.54) is 11.8 Å². The maximum absolute atomic E-state index is 13.1. The van der Waals surface area contributed by atoms with Crippen LogP contribution < -0.4 is 10.1 Å². The third-order valence-corrected chi connectivity index (χ3v) is 6.71. The fraction of sp³-hybridized carbons (Fsp3) is 0.417. The number of hydrogen-bond donors (Lipinski definition) is 1. The summed E-state index contributed by atoms with van der Waals surface area (Å²) >= 11 is 13.7. The van der Waals surface area contributed by atoms with E-state index in [1.807, 2.05) is 30.3 Å². The van der Waals surface area contributed by atoms with Gasteiger partial charge in [0.2, 0.25) is 11.8 Å². The zero-order chi connectivity index (χ0) is 23.5. The number of hydrogen-bond acceptors (Lipinski definition) is 4. The summed E-state index contributed by atoms with van der Waals surface area (Å²) in [7, 11) is 1.63. The molecule has 0 aliphatic rings. The number of ether oxygens (including phenoxy) is 1. The van der Waals surface area contributed by atoms with E-state index in [4.69, 9.17) is 27.9 Å². The van der Waals surface area contributed by atoms with Gasteiger partial charge in [0.05, 0.1) is 22.9 Å². The highest BCUT2D eigenvalue weighted by atomic mass is 35.5. The van der Waals surface area contributed by atoms with Crippen LogP contribution in [0.4, 0.5) is 0 Å². The summed E-state index contributed by atoms with van der Waals surface area (Å²) in [4.78, 5) is 27.4. The minimum atomic E-state index is -0.601. The molecule has 32 heavy (non-hydrogen) atoms. The summed E-state index contributed by atoms with van der Waals surface area (Å²) in [6.45, 7) is 4.70. The van der Waals surface area contributed by atoms with Gasteiger partial charge in [-0.15, -0.1) is 11.8 Å². The molecule has 1 N–H and O–H groups in total. The first-order valence-electron chi connectivity index (χ1n) is 10.6. The molecule has 0 aliphatic carbocycles. The van der Waals surface area contributed by atoms with Crippen LogP contribution in [0.5, 0.6) is 5.75 Å². The number of thioether (sulfide) groups is 1. The third kappa shape index (κ3) is 8.23. The van der Waals surface area contributed by atoms with E-state index in [0.29, 0.717) is 22.3 Å². The average molecular weight is 497 g/mol. The molecular formula is C24H30Cl2N2O3S. The molecule has 0 saturated heterocycles. The second-order valence-corrected chi connectivity index (χ2v) is 9.23. The minimum absolute atomic E-state index is 0.104. The van der Waals surface area contributed by atoms with Gasteiger partial charge in [-0.1, -0.05) is 54.7 Å². The maximum Gasteiger partial charge on any atom is 0.242 e. The number of unbranched alkanes of at least 4 members (excludes halogenated alkanes) is 1. The number of carbonyl (C=O) groups excluding carboxylic acids is 2. The molecule has 0 bridgehead atoms. The number of methoxy groups -OCH3 is 1. The van der Waals surface area contributed by atoms with Crippen molar-refractivity contribution in [2.75, 3.05) is 19.4 Å². The number of carbonyl (C=O) groups is 2. The largest absolute Gasteiger partial charge is 0.497 e. The molecule has 174 valence electrons. The highest BCUT2D eigenvalue weighted by molar-refractivity contribution is 7.99. The molecule has 8 heteroatoms. The lowest BCUT2D eigenvalue weighted by molar-refractivity contribution is -0.138. The molecule has 2 amide bonds. The Kier molecular flexibility index (Phi) is 11.2. The lowest BCUT2D eigenvalue weighted by atomic mass is 10.1. The Morgan fingerprint density at radius 2 is 1.78 bits per heavy atom. The standard InChI is InChI=1S/C24H30Cl2N2O3S/c1-4-5-12-27-24(30)17(2)28(14-19-8-11-21(25)22(26)13-19)23(29)16-32-15-18-6-9-20(31-3)10-7-18/h6-11,13,17H,4-5,12,14-16H2,1-3H3,(H,27,30)/t17-/m1/s1. The SMILES string of the molecule is CCCCNC(=O)[C@@H](C)N(Cc1ccc(Cl)c(Cl)c1)C(=O)CSCc1ccc(OC)cc1. The minimum Gasteiger partial charge on any atom is -0.497 e. The average Bonchev–Trinajstić information content (AvgIpc) is 2.79. The van der Waals surface area contributed by atoms with Crippen molar-refractivity contribution < 1.29 is 14.3 Å². The molecule has 0 fully saturated rings. The molecule has 0 unspecified atom stereocenters. The van der Waals surface area contributed by atoms with Gasteiger partial charge in [0.1, 0.15) is 11.8 Å². The summed E-state index contributed by atoms with van der Waals surface area (Å²) in [5, 5.41) is 3.79. The Morgan fingerprint density at radius 3 is 2.41 bits per heavy atom. The van der Waals surface area contributed by atoms with E-state index in [-0.39, 0.29) is 24.1 Å². The van der Waals surface area contributed by atoms with E-state index in [9.17, 15) is 9.59 Å². The number of benzene rings is 2. The topological polar surface area (TPSA) is 58.6 Å². The number of nitrogens with zero attached hydrogens (tertiary/aromatic N) is 1. The van der Waals surface area contributed by atoms with Crippen LogP contribution in [-0.4, -0.2) is 42.2 Å². The van der Waals surface area contributed by atoms with Crippen LogP contribution in [-0.2, 0) is 21.9 Å². The second-order valence-electron chi connectivity index (χ2n) is 7.43. The van der Waals surface area contributed by atoms with Crippen molar-refractivity contribution in [3.8, 4) is 5.75 Å². The Morgan fingerprint density at radius 1 is 1.09 bits per heavy atom. The van der Waals surface area contributed by atoms with Crippen molar-refractivity contribution in [1.82, 2.24) is 10.2 Å². The molecule has 2 aromatic rings. The molecule has 0 aliphatic heterocycles. The smallest absolute Gasteiger partial charge is 0.242 e. The molecule has 0 heterocycles. The molecule has 1 atom stereocenters. The van der Waals surface area contributed by atoms with E-state index in [2.05, 4.69) is 12.2 Å². The zero-order valence-electron chi connectivity index (χ0n) is 18.7. The van der Waals surface area contributed by atoms with E-state index < -0.39 is 6.04 Å². The summed E-state index contributed by atoms with van der Waals surface area (Å²) in [6, 6.07) is 12.4. The summed E-state index contributed by atoms with van der Waals surface area (Å²) < 4.78 is 5.18. The fourth-order valence-corrected chi connectivity index (χ4v) is 4.21. The molecule has 0 radical (unpaired) electrons. The van der Waals surface area contributed by atoms with E-state index >= 15 is 0 Å². The molecule has 2 rings (SSSR count). The van der Waals surface area contributed by atoms with Gasteiger partial charge in [-0.2, -0.15) is 0 Å². The van der Waals surface area contributed by atoms with Crippen LogP contribution in [0.2, 0.25) is 10.0 Å². The van der Waals surface area contributed by atoms with E-state index in [1.54, 1.807) is 31.1 Å². The number of halogens is 2. The van der Waals surface area contributed by atoms with Crippen molar-refractivity contribution in [3.63, 3.8) is 0 Å². The van der Waals surface area contributed by atoms with Crippen molar-refractivity contribution in [1.29, 1.82) is 0 Å². The predicted molar refractivity (Wildman–Crippen MR) is 134 cm³/mol. The lowest BCUT2D eigenvalue weighted by Crippen LogP contribution is -2.48. The van der Waals surface area contributed by atoms with Crippen molar-refractivity contribution in [2.45, 2.75) is 45.0 Å². The highest BCUT2D eigenvalue weighted by Gasteiger charge is 2.26. The van der Waals surface area contributed by atoms with Crippen molar-refractivity contribution in [2.24, 2.45) is 0 Å². The van der Waals surface area contributed by atoms with Crippen LogP contribution in [0, 0.1) is 0 Å². The van der Waals surface area contributed by atoms with Gasteiger partial charge >= 0.3 is 0 Å². The van der Waals surface area contributed by atoms with Gasteiger partial charge in [0.15, 0.2) is 0 Å². The maximum atomic E-state index is 13.1. The van der Waals surface area contributed by atoms with Crippen LogP contribution in [0.3, 0.4) is 0 Å². The number of nitrogens with one attached hydrogen (secondary N) is 1. The molecule has 0 spiro atoms. The van der Waals surface area contributed by atoms with Crippen LogP contribution in [0.15, 0.2) is 42.5 Å². The van der Waals surface area contributed by atoms with Gasteiger partial charge in [-0.05, 0) is 48.7 Å². The Balaban J connectivity index is 2.05. The first kappa shape index (κ1) is 26.4. The predicted octanol–water partition coefficient (Wildman–Crippen LogP) is 5.57. The molecular weight excluding hydrogens is 467 g/mol. The van der Waals surface area contributed by atoms with Gasteiger partial charge in [-0.3, -0.25) is 9.59 Å². The van der Waals surface area contributed by atoms with Gasteiger partial charge in [0, 0.05) is 18.8 Å². The molecule has 2 aromatic carbocycles. The van der Waals surface area contributed by atoms with Gasteiger partial charge in [0.25, 0.3) is 0 Å². The highest BCUT2D eigenvalue weighted by Crippen LogP contribution is 2.24. The summed E-state index contributed by atoms with van der Waals surface area (Å²) in [5.74, 6) is 1.48. The third-order valence-electron chi connectivity index (χ3n) is 4.99. The number of amides is 2. The molecule has 0 saturated carbocycles. The Bertz CT molecular complexity index is 893. The first-order chi connectivity index (χ1) is 15.3. The number of rotatable bonds is 12. The van der Waals surface area contributed by atoms with Crippen molar-refractivity contribution >= 4 is 46.8 Å². The van der Waals surface area contributed by atoms with Crippen LogP contribution >= 0.6 is 35.0 Å². The van der Waals surface area contributed by atoms with Crippen molar-refractivity contribution in [3.05, 3.63) is 63.6 Å². The molecule has 0 aromatic heterocycles. The summed E-state index contributed by atoms with van der Waals surface area (Å²) in [5.41, 5.74) is 1.92. The van der Waals surface area contributed by atoms with Crippen LogP contribution in [0.25, 0.3) is 0 Å². The van der Waals surface area contributed by atoms with Gasteiger partial charge in [-0.25, -0.2) is 0 Å².